The molecular formula is C15H23FN2O. The predicted octanol–water partition coefficient (Wildman–Crippen LogP) is 1.88. The van der Waals surface area contributed by atoms with Crippen molar-refractivity contribution in [1.29, 1.82) is 0 Å². The second-order valence-electron chi connectivity index (χ2n) is 5.44. The Hall–Kier alpha value is -0.970. The number of benzene rings is 1. The summed E-state index contributed by atoms with van der Waals surface area (Å²) in [6, 6.07) is 5.50. The van der Waals surface area contributed by atoms with E-state index in [1.54, 1.807) is 19.1 Å². The molecule has 0 heterocycles. The van der Waals surface area contributed by atoms with Gasteiger partial charge < -0.3 is 16.2 Å². The first kappa shape index (κ1) is 14.4. The van der Waals surface area contributed by atoms with Crippen molar-refractivity contribution in [3.8, 4) is 0 Å². The molecule has 0 aliphatic heterocycles. The van der Waals surface area contributed by atoms with Crippen molar-refractivity contribution in [2.75, 3.05) is 13.2 Å². The lowest BCUT2D eigenvalue weighted by Gasteiger charge is -2.26. The fourth-order valence-corrected chi connectivity index (χ4v) is 2.86. The summed E-state index contributed by atoms with van der Waals surface area (Å²) < 4.78 is 13.6. The van der Waals surface area contributed by atoms with Crippen LogP contribution in [0, 0.1) is 18.7 Å². The maximum absolute atomic E-state index is 13.6. The largest absolute Gasteiger partial charge is 0.396 e. The van der Waals surface area contributed by atoms with Crippen LogP contribution in [0.2, 0.25) is 0 Å². The molecule has 4 heteroatoms. The van der Waals surface area contributed by atoms with Crippen molar-refractivity contribution in [2.45, 2.75) is 38.3 Å². The summed E-state index contributed by atoms with van der Waals surface area (Å²) in [5.74, 6) is 0.104. The second-order valence-corrected chi connectivity index (χ2v) is 5.44. The Morgan fingerprint density at radius 3 is 2.89 bits per heavy atom. The molecule has 1 aromatic carbocycles. The number of hydrogen-bond donors (Lipinski definition) is 3. The smallest absolute Gasteiger partial charge is 0.126 e. The van der Waals surface area contributed by atoms with Crippen molar-refractivity contribution in [1.82, 2.24) is 5.32 Å². The molecule has 106 valence electrons. The van der Waals surface area contributed by atoms with E-state index in [9.17, 15) is 9.50 Å². The van der Waals surface area contributed by atoms with Gasteiger partial charge in [0.25, 0.3) is 0 Å². The summed E-state index contributed by atoms with van der Waals surface area (Å²) in [6.07, 6.45) is 3.23. The van der Waals surface area contributed by atoms with Gasteiger partial charge >= 0.3 is 0 Å². The summed E-state index contributed by atoms with van der Waals surface area (Å²) in [7, 11) is 0. The molecule has 3 atom stereocenters. The van der Waals surface area contributed by atoms with Crippen molar-refractivity contribution >= 4 is 0 Å². The monoisotopic (exact) mass is 266 g/mol. The normalized spacial score (nSPS) is 24.6. The Bertz CT molecular complexity index is 425. The maximum Gasteiger partial charge on any atom is 0.126 e. The molecule has 0 aromatic heterocycles. The quantitative estimate of drug-likeness (QED) is 0.762. The van der Waals surface area contributed by atoms with Crippen LogP contribution in [-0.2, 0) is 0 Å². The first-order chi connectivity index (χ1) is 9.15. The average molecular weight is 266 g/mol. The second kappa shape index (κ2) is 6.46. The van der Waals surface area contributed by atoms with Crippen molar-refractivity contribution < 1.29 is 9.50 Å². The van der Waals surface area contributed by atoms with Gasteiger partial charge in [0, 0.05) is 25.2 Å². The minimum atomic E-state index is -0.192. The van der Waals surface area contributed by atoms with E-state index < -0.39 is 0 Å². The van der Waals surface area contributed by atoms with Crippen LogP contribution < -0.4 is 11.1 Å². The van der Waals surface area contributed by atoms with Gasteiger partial charge in [0.15, 0.2) is 0 Å². The van der Waals surface area contributed by atoms with E-state index in [1.807, 2.05) is 6.07 Å². The standard InChI is InChI=1S/C15H23FN2O/c1-10-5-6-11(7-13(10)16)15(8-17)18-14-4-2-3-12(14)9-19/h5-7,12,14-15,18-19H,2-4,8-9,17H2,1H3. The molecule has 0 bridgehead atoms. The van der Waals surface area contributed by atoms with Gasteiger partial charge in [-0.25, -0.2) is 4.39 Å². The summed E-state index contributed by atoms with van der Waals surface area (Å²) in [5, 5.41) is 12.8. The van der Waals surface area contributed by atoms with Crippen LogP contribution in [-0.4, -0.2) is 24.3 Å². The van der Waals surface area contributed by atoms with Crippen molar-refractivity contribution in [3.05, 3.63) is 35.1 Å². The van der Waals surface area contributed by atoms with Gasteiger partial charge in [-0.15, -0.1) is 0 Å². The zero-order valence-corrected chi connectivity index (χ0v) is 11.4. The van der Waals surface area contributed by atoms with Crippen LogP contribution in [0.15, 0.2) is 18.2 Å². The Kier molecular flexibility index (Phi) is 4.91. The lowest BCUT2D eigenvalue weighted by Crippen LogP contribution is -2.39. The van der Waals surface area contributed by atoms with Crippen LogP contribution in [0.4, 0.5) is 4.39 Å². The topological polar surface area (TPSA) is 58.3 Å². The van der Waals surface area contributed by atoms with E-state index in [0.29, 0.717) is 18.0 Å². The molecule has 1 fully saturated rings. The fraction of sp³-hybridized carbons (Fsp3) is 0.600. The minimum absolute atomic E-state index is 0.0488. The molecule has 2 rings (SSSR count). The molecule has 0 amide bonds. The van der Waals surface area contributed by atoms with Gasteiger partial charge in [-0.1, -0.05) is 18.6 Å². The van der Waals surface area contributed by atoms with Crippen LogP contribution in [0.3, 0.4) is 0 Å². The molecule has 19 heavy (non-hydrogen) atoms. The minimum Gasteiger partial charge on any atom is -0.396 e. The van der Waals surface area contributed by atoms with Gasteiger partial charge in [0.2, 0.25) is 0 Å². The molecule has 1 aliphatic rings. The molecule has 0 spiro atoms. The summed E-state index contributed by atoms with van der Waals surface area (Å²) in [6.45, 7) is 2.39. The van der Waals surface area contributed by atoms with E-state index in [-0.39, 0.29) is 24.5 Å². The highest BCUT2D eigenvalue weighted by atomic mass is 19.1. The number of halogens is 1. The SMILES string of the molecule is Cc1ccc(C(CN)NC2CCCC2CO)cc1F. The van der Waals surface area contributed by atoms with Gasteiger partial charge in [-0.3, -0.25) is 0 Å². The molecule has 0 saturated heterocycles. The summed E-state index contributed by atoms with van der Waals surface area (Å²) in [5.41, 5.74) is 7.34. The van der Waals surface area contributed by atoms with Crippen LogP contribution >= 0.6 is 0 Å². The lowest BCUT2D eigenvalue weighted by molar-refractivity contribution is 0.199. The number of nitrogens with one attached hydrogen (secondary N) is 1. The van der Waals surface area contributed by atoms with E-state index in [0.717, 1.165) is 24.8 Å². The Morgan fingerprint density at radius 2 is 2.26 bits per heavy atom. The van der Waals surface area contributed by atoms with Crippen molar-refractivity contribution in [3.63, 3.8) is 0 Å². The Labute approximate surface area is 114 Å². The third kappa shape index (κ3) is 3.32. The Balaban J connectivity index is 2.09. The van der Waals surface area contributed by atoms with E-state index in [2.05, 4.69) is 5.32 Å². The lowest BCUT2D eigenvalue weighted by atomic mass is 10.00. The van der Waals surface area contributed by atoms with Crippen LogP contribution in [0.25, 0.3) is 0 Å². The first-order valence-electron chi connectivity index (χ1n) is 6.98. The number of aliphatic hydroxyl groups is 1. The molecule has 1 saturated carbocycles. The number of rotatable bonds is 5. The highest BCUT2D eigenvalue weighted by molar-refractivity contribution is 5.26. The highest BCUT2D eigenvalue weighted by Crippen LogP contribution is 2.27. The molecule has 3 unspecified atom stereocenters. The summed E-state index contributed by atoms with van der Waals surface area (Å²) in [4.78, 5) is 0. The fourth-order valence-electron chi connectivity index (χ4n) is 2.86. The van der Waals surface area contributed by atoms with Gasteiger partial charge in [0.05, 0.1) is 0 Å². The molecule has 1 aromatic rings. The van der Waals surface area contributed by atoms with Crippen molar-refractivity contribution in [2.24, 2.45) is 11.7 Å². The van der Waals surface area contributed by atoms with Gasteiger partial charge in [0.1, 0.15) is 5.82 Å². The maximum atomic E-state index is 13.6. The molecule has 0 radical (unpaired) electrons. The van der Waals surface area contributed by atoms with E-state index in [4.69, 9.17) is 5.73 Å². The van der Waals surface area contributed by atoms with Gasteiger partial charge in [-0.2, -0.15) is 0 Å². The zero-order valence-electron chi connectivity index (χ0n) is 11.4. The molecule has 4 N–H and O–H groups in total. The third-order valence-electron chi connectivity index (χ3n) is 4.14. The van der Waals surface area contributed by atoms with Gasteiger partial charge in [-0.05, 0) is 42.9 Å². The average Bonchev–Trinajstić information content (AvgIpc) is 2.86. The molecule has 3 nitrogen and oxygen atoms in total. The highest BCUT2D eigenvalue weighted by Gasteiger charge is 2.28. The zero-order chi connectivity index (χ0) is 13.8. The molecular weight excluding hydrogens is 243 g/mol. The van der Waals surface area contributed by atoms with E-state index in [1.165, 1.54) is 0 Å². The Morgan fingerprint density at radius 1 is 1.47 bits per heavy atom. The first-order valence-corrected chi connectivity index (χ1v) is 6.98. The predicted molar refractivity (Wildman–Crippen MR) is 74.3 cm³/mol. The number of hydrogen-bond acceptors (Lipinski definition) is 3. The molecule has 1 aliphatic carbocycles. The van der Waals surface area contributed by atoms with Crippen LogP contribution in [0.5, 0.6) is 0 Å². The van der Waals surface area contributed by atoms with E-state index >= 15 is 0 Å². The number of aliphatic hydroxyl groups excluding tert-OH is 1. The summed E-state index contributed by atoms with van der Waals surface area (Å²) >= 11 is 0. The number of nitrogens with two attached hydrogens (primary N) is 1. The number of aryl methyl sites for hydroxylation is 1. The third-order valence-corrected chi connectivity index (χ3v) is 4.14. The van der Waals surface area contributed by atoms with Crippen LogP contribution in [0.1, 0.15) is 36.4 Å².